The summed E-state index contributed by atoms with van der Waals surface area (Å²) in [6.45, 7) is 1.90. The van der Waals surface area contributed by atoms with Crippen LogP contribution in [0.15, 0.2) is 54.7 Å². The van der Waals surface area contributed by atoms with Crippen LogP contribution in [0.3, 0.4) is 0 Å². The van der Waals surface area contributed by atoms with Crippen molar-refractivity contribution in [1.29, 1.82) is 0 Å². The van der Waals surface area contributed by atoms with Crippen molar-refractivity contribution >= 4 is 11.7 Å². The highest BCUT2D eigenvalue weighted by molar-refractivity contribution is 5.74. The number of pyridine rings is 1. The van der Waals surface area contributed by atoms with Gasteiger partial charge in [-0.25, -0.2) is 0 Å². The second kappa shape index (κ2) is 6.00. The molecule has 2 rings (SSSR count). The molecule has 19 heavy (non-hydrogen) atoms. The summed E-state index contributed by atoms with van der Waals surface area (Å²) in [4.78, 5) is 17.2. The summed E-state index contributed by atoms with van der Waals surface area (Å²) < 4.78 is 0. The van der Waals surface area contributed by atoms with Crippen LogP contribution in [0.5, 0.6) is 0 Å². The van der Waals surface area contributed by atoms with Gasteiger partial charge in [-0.2, -0.15) is 0 Å². The molecule has 1 aromatic carbocycles. The Balaban J connectivity index is 2.30. The van der Waals surface area contributed by atoms with Gasteiger partial charge in [0.15, 0.2) is 0 Å². The fraction of sp³-hybridized carbons (Fsp3) is 0.200. The van der Waals surface area contributed by atoms with Gasteiger partial charge in [0.1, 0.15) is 6.54 Å². The first kappa shape index (κ1) is 13.1. The largest absolute Gasteiger partial charge is 0.480 e. The summed E-state index contributed by atoms with van der Waals surface area (Å²) in [7, 11) is 0. The third-order valence-electron chi connectivity index (χ3n) is 2.98. The second-order valence-corrected chi connectivity index (χ2v) is 4.29. The molecule has 0 aliphatic rings. The highest BCUT2D eigenvalue weighted by atomic mass is 16.4. The lowest BCUT2D eigenvalue weighted by Gasteiger charge is -2.29. The molecule has 2 aromatic rings. The van der Waals surface area contributed by atoms with E-state index >= 15 is 0 Å². The topological polar surface area (TPSA) is 53.4 Å². The minimum Gasteiger partial charge on any atom is -0.480 e. The molecule has 1 N–H and O–H groups in total. The van der Waals surface area contributed by atoms with Crippen molar-refractivity contribution in [2.75, 3.05) is 11.4 Å². The standard InChI is InChI=1S/C15H16N2O2/c1-12(14-9-5-6-10-16-14)17(11-15(18)19)13-7-3-2-4-8-13/h2-10,12H,11H2,1H3,(H,18,19). The first-order valence-electron chi connectivity index (χ1n) is 6.13. The number of aliphatic carboxylic acids is 1. The summed E-state index contributed by atoms with van der Waals surface area (Å²) >= 11 is 0. The molecule has 1 unspecified atom stereocenters. The number of aromatic nitrogens is 1. The molecule has 0 fully saturated rings. The Kier molecular flexibility index (Phi) is 4.13. The second-order valence-electron chi connectivity index (χ2n) is 4.29. The number of carboxylic acid groups (broad SMARTS) is 1. The number of para-hydroxylation sites is 1. The Morgan fingerprint density at radius 2 is 1.89 bits per heavy atom. The van der Waals surface area contributed by atoms with Crippen molar-refractivity contribution in [3.63, 3.8) is 0 Å². The Morgan fingerprint density at radius 1 is 1.21 bits per heavy atom. The van der Waals surface area contributed by atoms with E-state index in [4.69, 9.17) is 5.11 Å². The van der Waals surface area contributed by atoms with Crippen LogP contribution in [0.1, 0.15) is 18.7 Å². The molecule has 0 aliphatic carbocycles. The van der Waals surface area contributed by atoms with Crippen LogP contribution in [0, 0.1) is 0 Å². The van der Waals surface area contributed by atoms with Crippen LogP contribution in [-0.4, -0.2) is 22.6 Å². The summed E-state index contributed by atoms with van der Waals surface area (Å²) in [6.07, 6.45) is 1.72. The molecule has 4 nitrogen and oxygen atoms in total. The van der Waals surface area contributed by atoms with Gasteiger partial charge in [0.25, 0.3) is 0 Å². The van der Waals surface area contributed by atoms with Crippen LogP contribution in [0.4, 0.5) is 5.69 Å². The number of hydrogen-bond acceptors (Lipinski definition) is 3. The predicted molar refractivity (Wildman–Crippen MR) is 74.1 cm³/mol. The number of nitrogens with zero attached hydrogens (tertiary/aromatic N) is 2. The summed E-state index contributed by atoms with van der Waals surface area (Å²) in [6, 6.07) is 15.1. The van der Waals surface area contributed by atoms with Crippen LogP contribution in [0.25, 0.3) is 0 Å². The molecule has 1 aromatic heterocycles. The van der Waals surface area contributed by atoms with Gasteiger partial charge in [-0.3, -0.25) is 9.78 Å². The van der Waals surface area contributed by atoms with Crippen LogP contribution in [0.2, 0.25) is 0 Å². The molecule has 0 amide bonds. The monoisotopic (exact) mass is 256 g/mol. The first-order valence-corrected chi connectivity index (χ1v) is 6.13. The van der Waals surface area contributed by atoms with Crippen molar-refractivity contribution < 1.29 is 9.90 Å². The maximum Gasteiger partial charge on any atom is 0.323 e. The molecule has 0 spiro atoms. The van der Waals surface area contributed by atoms with E-state index in [0.29, 0.717) is 0 Å². The lowest BCUT2D eigenvalue weighted by molar-refractivity contribution is -0.135. The molecule has 0 bridgehead atoms. The Bertz CT molecular complexity index is 528. The number of carbonyl (C=O) groups is 1. The SMILES string of the molecule is CC(c1ccccn1)N(CC(=O)O)c1ccccc1. The quantitative estimate of drug-likeness (QED) is 0.893. The van der Waals surface area contributed by atoms with E-state index < -0.39 is 5.97 Å². The van der Waals surface area contributed by atoms with E-state index in [1.807, 2.05) is 60.4 Å². The molecule has 0 saturated carbocycles. The molecular formula is C15H16N2O2. The normalized spacial score (nSPS) is 11.8. The van der Waals surface area contributed by atoms with Gasteiger partial charge in [0.2, 0.25) is 0 Å². The number of anilines is 1. The van der Waals surface area contributed by atoms with E-state index in [9.17, 15) is 4.79 Å². The van der Waals surface area contributed by atoms with Crippen molar-refractivity contribution in [3.05, 3.63) is 60.4 Å². The summed E-state index contributed by atoms with van der Waals surface area (Å²) in [5.74, 6) is -0.855. The first-order chi connectivity index (χ1) is 9.18. The van der Waals surface area contributed by atoms with E-state index in [0.717, 1.165) is 11.4 Å². The van der Waals surface area contributed by atoms with Gasteiger partial charge in [-0.15, -0.1) is 0 Å². The van der Waals surface area contributed by atoms with Crippen molar-refractivity contribution in [2.24, 2.45) is 0 Å². The Labute approximate surface area is 112 Å². The molecule has 0 radical (unpaired) electrons. The number of carboxylic acids is 1. The smallest absolute Gasteiger partial charge is 0.323 e. The molecule has 1 heterocycles. The molecule has 0 saturated heterocycles. The van der Waals surface area contributed by atoms with Crippen LogP contribution in [-0.2, 0) is 4.79 Å². The van der Waals surface area contributed by atoms with Gasteiger partial charge in [-0.1, -0.05) is 24.3 Å². The summed E-state index contributed by atoms with van der Waals surface area (Å²) in [5.41, 5.74) is 1.73. The van der Waals surface area contributed by atoms with Crippen LogP contribution < -0.4 is 4.90 Å². The maximum atomic E-state index is 11.1. The van der Waals surface area contributed by atoms with Gasteiger partial charge in [-0.05, 0) is 31.2 Å². The van der Waals surface area contributed by atoms with E-state index in [1.165, 1.54) is 0 Å². The number of benzene rings is 1. The third kappa shape index (κ3) is 3.31. The highest BCUT2D eigenvalue weighted by Gasteiger charge is 2.19. The molecule has 98 valence electrons. The lowest BCUT2D eigenvalue weighted by atomic mass is 10.1. The van der Waals surface area contributed by atoms with Crippen molar-refractivity contribution in [1.82, 2.24) is 4.98 Å². The third-order valence-corrected chi connectivity index (χ3v) is 2.98. The van der Waals surface area contributed by atoms with Crippen molar-refractivity contribution in [2.45, 2.75) is 13.0 Å². The van der Waals surface area contributed by atoms with Gasteiger partial charge in [0.05, 0.1) is 11.7 Å². The number of hydrogen-bond donors (Lipinski definition) is 1. The van der Waals surface area contributed by atoms with E-state index in [1.54, 1.807) is 6.20 Å². The molecular weight excluding hydrogens is 240 g/mol. The maximum absolute atomic E-state index is 11.1. The zero-order valence-electron chi connectivity index (χ0n) is 10.7. The predicted octanol–water partition coefficient (Wildman–Crippen LogP) is 2.73. The molecule has 1 atom stereocenters. The zero-order valence-corrected chi connectivity index (χ0v) is 10.7. The summed E-state index contributed by atoms with van der Waals surface area (Å²) in [5, 5.41) is 9.08. The zero-order chi connectivity index (χ0) is 13.7. The minimum absolute atomic E-state index is 0.0538. The van der Waals surface area contributed by atoms with Gasteiger partial charge >= 0.3 is 5.97 Å². The fourth-order valence-electron chi connectivity index (χ4n) is 2.00. The van der Waals surface area contributed by atoms with E-state index in [-0.39, 0.29) is 12.6 Å². The fourth-order valence-corrected chi connectivity index (χ4v) is 2.00. The van der Waals surface area contributed by atoms with Crippen LogP contribution >= 0.6 is 0 Å². The molecule has 4 heteroatoms. The van der Waals surface area contributed by atoms with Gasteiger partial charge < -0.3 is 10.0 Å². The minimum atomic E-state index is -0.855. The number of rotatable bonds is 5. The van der Waals surface area contributed by atoms with Crippen molar-refractivity contribution in [3.8, 4) is 0 Å². The average Bonchev–Trinajstić information content (AvgIpc) is 2.46. The van der Waals surface area contributed by atoms with Gasteiger partial charge in [0, 0.05) is 11.9 Å². The van der Waals surface area contributed by atoms with E-state index in [2.05, 4.69) is 4.98 Å². The average molecular weight is 256 g/mol. The Morgan fingerprint density at radius 3 is 2.47 bits per heavy atom. The lowest BCUT2D eigenvalue weighted by Crippen LogP contribution is -2.32. The molecule has 0 aliphatic heterocycles. The highest BCUT2D eigenvalue weighted by Crippen LogP contribution is 2.25. The Hall–Kier alpha value is -2.36.